The zero-order valence-electron chi connectivity index (χ0n) is 14.6. The first-order chi connectivity index (χ1) is 11.7. The lowest BCUT2D eigenvalue weighted by Crippen LogP contribution is -2.45. The van der Waals surface area contributed by atoms with Crippen molar-refractivity contribution >= 4 is 35.1 Å². The zero-order chi connectivity index (χ0) is 18.5. The number of nitrogens with one attached hydrogen (secondary N) is 1. The Bertz CT molecular complexity index is 776. The number of amides is 3. The van der Waals surface area contributed by atoms with E-state index in [2.05, 4.69) is 19.2 Å². The van der Waals surface area contributed by atoms with Crippen molar-refractivity contribution in [1.82, 2.24) is 15.1 Å². The van der Waals surface area contributed by atoms with Crippen LogP contribution in [0.5, 0.6) is 0 Å². The third kappa shape index (κ3) is 3.00. The fraction of sp³-hybridized carbons (Fsp3) is 0.444. The highest BCUT2D eigenvalue weighted by atomic mass is 35.5. The van der Waals surface area contributed by atoms with Crippen LogP contribution >= 0.6 is 23.2 Å². The molecule has 2 unspecified atom stereocenters. The molecule has 0 saturated heterocycles. The molecule has 3 amide bonds. The lowest BCUT2D eigenvalue weighted by Gasteiger charge is -2.31. The van der Waals surface area contributed by atoms with Crippen molar-refractivity contribution in [2.45, 2.75) is 32.9 Å². The molecule has 0 bridgehead atoms. The first-order valence-electron chi connectivity index (χ1n) is 8.25. The largest absolute Gasteiger partial charge is 0.330 e. The Kier molecular flexibility index (Phi) is 4.73. The molecule has 0 spiro atoms. The molecule has 1 aromatic rings. The Morgan fingerprint density at radius 2 is 1.88 bits per heavy atom. The summed E-state index contributed by atoms with van der Waals surface area (Å²) >= 11 is 12.3. The van der Waals surface area contributed by atoms with Crippen molar-refractivity contribution in [1.29, 1.82) is 0 Å². The summed E-state index contributed by atoms with van der Waals surface area (Å²) in [5.41, 5.74) is 1.99. The van der Waals surface area contributed by atoms with Crippen LogP contribution in [0, 0.1) is 5.92 Å². The number of likely N-dealkylation sites (N-methyl/N-ethyl adjacent to an activating group) is 1. The van der Waals surface area contributed by atoms with Gasteiger partial charge in [-0.05, 0) is 30.5 Å². The summed E-state index contributed by atoms with van der Waals surface area (Å²) in [7, 11) is 1.68. The average Bonchev–Trinajstić information content (AvgIpc) is 2.88. The van der Waals surface area contributed by atoms with Crippen molar-refractivity contribution < 1.29 is 9.59 Å². The monoisotopic (exact) mass is 381 g/mol. The summed E-state index contributed by atoms with van der Waals surface area (Å²) in [5.74, 6) is 0.260. The van der Waals surface area contributed by atoms with Crippen molar-refractivity contribution in [3.63, 3.8) is 0 Å². The van der Waals surface area contributed by atoms with Gasteiger partial charge in [0.15, 0.2) is 0 Å². The smallest absolute Gasteiger partial charge is 0.322 e. The second kappa shape index (κ2) is 6.54. The summed E-state index contributed by atoms with van der Waals surface area (Å²) < 4.78 is 0. The Balaban J connectivity index is 2.06. The van der Waals surface area contributed by atoms with E-state index in [1.807, 2.05) is 11.8 Å². The van der Waals surface area contributed by atoms with E-state index in [0.29, 0.717) is 33.6 Å². The van der Waals surface area contributed by atoms with E-state index in [9.17, 15) is 9.59 Å². The van der Waals surface area contributed by atoms with Crippen LogP contribution < -0.4 is 5.32 Å². The number of benzene rings is 1. The maximum Gasteiger partial charge on any atom is 0.322 e. The molecule has 2 atom stereocenters. The zero-order valence-corrected chi connectivity index (χ0v) is 16.1. The van der Waals surface area contributed by atoms with Crippen molar-refractivity contribution in [3.8, 4) is 0 Å². The molecule has 0 aliphatic carbocycles. The quantitative estimate of drug-likeness (QED) is 0.864. The SMILES string of the molecule is CC(C)C(C)N1CC2=C(C1=O)C(c1ccc(Cl)cc1Cl)NC(=O)N2C. The fourth-order valence-corrected chi connectivity index (χ4v) is 3.76. The van der Waals surface area contributed by atoms with E-state index in [-0.39, 0.29) is 18.0 Å². The molecule has 5 nitrogen and oxygen atoms in total. The normalized spacial score (nSPS) is 21.8. The molecule has 0 fully saturated rings. The molecular formula is C18H21Cl2N3O2. The predicted molar refractivity (Wildman–Crippen MR) is 98.5 cm³/mol. The third-order valence-corrected chi connectivity index (χ3v) is 5.68. The summed E-state index contributed by atoms with van der Waals surface area (Å²) in [6.45, 7) is 6.62. The second-order valence-electron chi connectivity index (χ2n) is 6.89. The molecule has 134 valence electrons. The standard InChI is InChI=1S/C18H21Cl2N3O2/c1-9(2)10(3)23-8-14-15(17(23)24)16(21-18(25)22(14)4)12-6-5-11(19)7-13(12)20/h5-7,9-10,16H,8H2,1-4H3,(H,21,25). The third-order valence-electron chi connectivity index (χ3n) is 5.12. The van der Waals surface area contributed by atoms with Crippen LogP contribution in [-0.4, -0.2) is 41.4 Å². The lowest BCUT2D eigenvalue weighted by molar-refractivity contribution is -0.128. The van der Waals surface area contributed by atoms with E-state index in [1.165, 1.54) is 4.90 Å². The lowest BCUT2D eigenvalue weighted by atomic mass is 9.95. The fourth-order valence-electron chi connectivity index (χ4n) is 3.25. The molecule has 7 heteroatoms. The molecular weight excluding hydrogens is 361 g/mol. The van der Waals surface area contributed by atoms with Crippen LogP contribution in [0.1, 0.15) is 32.4 Å². The topological polar surface area (TPSA) is 52.7 Å². The number of carbonyl (C=O) groups is 2. The molecule has 0 radical (unpaired) electrons. The maximum absolute atomic E-state index is 13.1. The van der Waals surface area contributed by atoms with Crippen LogP contribution in [0.25, 0.3) is 0 Å². The van der Waals surface area contributed by atoms with Gasteiger partial charge in [-0.3, -0.25) is 9.69 Å². The van der Waals surface area contributed by atoms with E-state index in [4.69, 9.17) is 23.2 Å². The van der Waals surface area contributed by atoms with E-state index in [0.717, 1.165) is 5.70 Å². The van der Waals surface area contributed by atoms with Gasteiger partial charge in [0, 0.05) is 23.1 Å². The molecule has 0 saturated carbocycles. The Labute approximate surface area is 157 Å². The summed E-state index contributed by atoms with van der Waals surface area (Å²) in [4.78, 5) is 28.9. The highest BCUT2D eigenvalue weighted by Crippen LogP contribution is 2.39. The van der Waals surface area contributed by atoms with Gasteiger partial charge >= 0.3 is 6.03 Å². The minimum Gasteiger partial charge on any atom is -0.330 e. The number of rotatable bonds is 3. The molecule has 2 aliphatic rings. The highest BCUT2D eigenvalue weighted by Gasteiger charge is 2.44. The van der Waals surface area contributed by atoms with E-state index >= 15 is 0 Å². The van der Waals surface area contributed by atoms with Gasteiger partial charge in [0.1, 0.15) is 0 Å². The van der Waals surface area contributed by atoms with Crippen LogP contribution in [-0.2, 0) is 4.79 Å². The molecule has 1 N–H and O–H groups in total. The highest BCUT2D eigenvalue weighted by molar-refractivity contribution is 6.35. The van der Waals surface area contributed by atoms with Gasteiger partial charge in [0.25, 0.3) is 5.91 Å². The van der Waals surface area contributed by atoms with Crippen molar-refractivity contribution in [2.24, 2.45) is 5.92 Å². The van der Waals surface area contributed by atoms with E-state index < -0.39 is 6.04 Å². The molecule has 3 rings (SSSR count). The van der Waals surface area contributed by atoms with Crippen molar-refractivity contribution in [3.05, 3.63) is 45.1 Å². The average molecular weight is 382 g/mol. The van der Waals surface area contributed by atoms with Crippen LogP contribution in [0.4, 0.5) is 4.79 Å². The van der Waals surface area contributed by atoms with Gasteiger partial charge in [-0.2, -0.15) is 0 Å². The summed E-state index contributed by atoms with van der Waals surface area (Å²) in [6.07, 6.45) is 0. The second-order valence-corrected chi connectivity index (χ2v) is 7.73. The predicted octanol–water partition coefficient (Wildman–Crippen LogP) is 3.83. The Morgan fingerprint density at radius 1 is 1.20 bits per heavy atom. The minimum absolute atomic E-state index is 0.0564. The number of hydrogen-bond donors (Lipinski definition) is 1. The first-order valence-corrected chi connectivity index (χ1v) is 9.01. The number of nitrogens with zero attached hydrogens (tertiary/aromatic N) is 2. The van der Waals surface area contributed by atoms with Crippen molar-refractivity contribution in [2.75, 3.05) is 13.6 Å². The Hall–Kier alpha value is -1.72. The molecule has 0 aromatic heterocycles. The van der Waals surface area contributed by atoms with Gasteiger partial charge in [0.05, 0.1) is 23.9 Å². The van der Waals surface area contributed by atoms with E-state index in [1.54, 1.807) is 25.2 Å². The van der Waals surface area contributed by atoms with Gasteiger partial charge in [-0.1, -0.05) is 43.1 Å². The van der Waals surface area contributed by atoms with Gasteiger partial charge < -0.3 is 10.2 Å². The summed E-state index contributed by atoms with van der Waals surface area (Å²) in [6, 6.07) is 4.34. The molecule has 25 heavy (non-hydrogen) atoms. The van der Waals surface area contributed by atoms with Crippen LogP contribution in [0.2, 0.25) is 10.0 Å². The maximum atomic E-state index is 13.1. The molecule has 2 heterocycles. The number of urea groups is 1. The number of carbonyl (C=O) groups excluding carboxylic acids is 2. The molecule has 2 aliphatic heterocycles. The molecule has 1 aromatic carbocycles. The minimum atomic E-state index is -0.569. The van der Waals surface area contributed by atoms with Gasteiger partial charge in [0.2, 0.25) is 0 Å². The van der Waals surface area contributed by atoms with Crippen LogP contribution in [0.3, 0.4) is 0 Å². The number of halogens is 2. The Morgan fingerprint density at radius 3 is 2.48 bits per heavy atom. The van der Waals surface area contributed by atoms with Gasteiger partial charge in [-0.15, -0.1) is 0 Å². The van der Waals surface area contributed by atoms with Gasteiger partial charge in [-0.25, -0.2) is 4.79 Å². The van der Waals surface area contributed by atoms with Crippen LogP contribution in [0.15, 0.2) is 29.5 Å². The summed E-state index contributed by atoms with van der Waals surface area (Å²) in [5, 5.41) is 3.82. The number of hydrogen-bond acceptors (Lipinski definition) is 2. The first kappa shape index (κ1) is 18.1.